The smallest absolute Gasteiger partial charge is 0.305 e. The van der Waals surface area contributed by atoms with Crippen LogP contribution in [0.25, 0.3) is 0 Å². The Morgan fingerprint density at radius 2 is 0.577 bits per heavy atom. The molecule has 0 fully saturated rings. The van der Waals surface area contributed by atoms with E-state index in [1.807, 2.05) is 0 Å². The molecule has 0 saturated carbocycles. The van der Waals surface area contributed by atoms with Crippen LogP contribution >= 0.6 is 0 Å². The van der Waals surface area contributed by atoms with Crippen molar-refractivity contribution >= 4 is 11.9 Å². The number of esters is 2. The second-order valence-corrected chi connectivity index (χ2v) is 16.5. The van der Waals surface area contributed by atoms with E-state index in [-0.39, 0.29) is 11.9 Å². The quantitative estimate of drug-likeness (QED) is 0.0462. The molecule has 0 N–H and O–H groups in total. The molecule has 0 rings (SSSR count). The van der Waals surface area contributed by atoms with Crippen molar-refractivity contribution in [2.75, 3.05) is 13.2 Å². The first-order valence-electron chi connectivity index (χ1n) is 23.9. The van der Waals surface area contributed by atoms with Crippen LogP contribution in [-0.2, 0) is 19.1 Å². The Balaban J connectivity index is 3.38. The highest BCUT2D eigenvalue weighted by Gasteiger charge is 2.07. The molecule has 0 bridgehead atoms. The molecule has 0 saturated heterocycles. The standard InChI is InChI=1S/C48H94O4/c1-4-7-9-11-13-15-17-21-25-29-36-42-47(49)51-44-38-32-27-23-19-20-24-28-34-40-46(6-3)41-35-31-33-39-45-52-48(50)43-37-30-26-22-18-16-14-12-10-8-5-2/h46H,4-45H2,1-3H3. The summed E-state index contributed by atoms with van der Waals surface area (Å²) in [5, 5.41) is 0. The van der Waals surface area contributed by atoms with Gasteiger partial charge in [0.05, 0.1) is 13.2 Å². The normalized spacial score (nSPS) is 12.0. The molecule has 0 aromatic carbocycles. The molecule has 0 aliphatic carbocycles. The van der Waals surface area contributed by atoms with Crippen LogP contribution < -0.4 is 0 Å². The van der Waals surface area contributed by atoms with Gasteiger partial charge in [0.25, 0.3) is 0 Å². The van der Waals surface area contributed by atoms with Crippen molar-refractivity contribution in [1.29, 1.82) is 0 Å². The molecule has 0 aliphatic rings. The van der Waals surface area contributed by atoms with Crippen molar-refractivity contribution in [1.82, 2.24) is 0 Å². The maximum Gasteiger partial charge on any atom is 0.305 e. The third-order valence-electron chi connectivity index (χ3n) is 11.3. The number of hydrogen-bond donors (Lipinski definition) is 0. The number of carbonyl (C=O) groups is 2. The highest BCUT2D eigenvalue weighted by molar-refractivity contribution is 5.69. The largest absolute Gasteiger partial charge is 0.466 e. The molecule has 310 valence electrons. The van der Waals surface area contributed by atoms with E-state index in [0.29, 0.717) is 26.1 Å². The second kappa shape index (κ2) is 44.3. The van der Waals surface area contributed by atoms with Gasteiger partial charge < -0.3 is 9.47 Å². The molecular weight excluding hydrogens is 641 g/mol. The molecule has 0 aromatic rings. The molecule has 0 radical (unpaired) electrons. The van der Waals surface area contributed by atoms with E-state index in [2.05, 4.69) is 20.8 Å². The molecule has 0 spiro atoms. The van der Waals surface area contributed by atoms with Gasteiger partial charge in [-0.15, -0.1) is 0 Å². The first-order chi connectivity index (χ1) is 25.6. The lowest BCUT2D eigenvalue weighted by atomic mass is 9.92. The van der Waals surface area contributed by atoms with Crippen LogP contribution in [0.1, 0.15) is 278 Å². The van der Waals surface area contributed by atoms with Crippen LogP contribution in [-0.4, -0.2) is 25.2 Å². The van der Waals surface area contributed by atoms with E-state index in [4.69, 9.17) is 9.47 Å². The summed E-state index contributed by atoms with van der Waals surface area (Å²) in [6.07, 6.45) is 50.6. The van der Waals surface area contributed by atoms with Gasteiger partial charge in [0, 0.05) is 12.8 Å². The summed E-state index contributed by atoms with van der Waals surface area (Å²) < 4.78 is 11.0. The van der Waals surface area contributed by atoms with Gasteiger partial charge >= 0.3 is 11.9 Å². The Morgan fingerprint density at radius 3 is 0.865 bits per heavy atom. The van der Waals surface area contributed by atoms with E-state index in [1.165, 1.54) is 218 Å². The van der Waals surface area contributed by atoms with Crippen molar-refractivity contribution in [2.24, 2.45) is 5.92 Å². The molecule has 1 atom stereocenters. The Hall–Kier alpha value is -1.06. The third kappa shape index (κ3) is 41.7. The third-order valence-corrected chi connectivity index (χ3v) is 11.3. The number of hydrogen-bond acceptors (Lipinski definition) is 4. The van der Waals surface area contributed by atoms with Crippen LogP contribution in [0.3, 0.4) is 0 Å². The molecule has 52 heavy (non-hydrogen) atoms. The maximum absolute atomic E-state index is 12.0. The average molecular weight is 735 g/mol. The van der Waals surface area contributed by atoms with Gasteiger partial charge in [-0.2, -0.15) is 0 Å². The highest BCUT2D eigenvalue weighted by atomic mass is 16.5. The fourth-order valence-corrected chi connectivity index (χ4v) is 7.60. The van der Waals surface area contributed by atoms with E-state index in [9.17, 15) is 9.59 Å². The Morgan fingerprint density at radius 1 is 0.327 bits per heavy atom. The Labute approximate surface area is 326 Å². The van der Waals surface area contributed by atoms with Crippen LogP contribution in [0.5, 0.6) is 0 Å². The average Bonchev–Trinajstić information content (AvgIpc) is 3.15. The number of rotatable bonds is 44. The summed E-state index contributed by atoms with van der Waals surface area (Å²) in [7, 11) is 0. The molecule has 0 heterocycles. The monoisotopic (exact) mass is 735 g/mol. The number of ether oxygens (including phenoxy) is 2. The predicted molar refractivity (Wildman–Crippen MR) is 227 cm³/mol. The minimum absolute atomic E-state index is 0.0145. The van der Waals surface area contributed by atoms with Gasteiger partial charge in [0.1, 0.15) is 0 Å². The minimum Gasteiger partial charge on any atom is -0.466 e. The van der Waals surface area contributed by atoms with Crippen LogP contribution in [0.2, 0.25) is 0 Å². The topological polar surface area (TPSA) is 52.6 Å². The highest BCUT2D eigenvalue weighted by Crippen LogP contribution is 2.22. The first-order valence-corrected chi connectivity index (χ1v) is 23.9. The molecule has 4 heteroatoms. The van der Waals surface area contributed by atoms with E-state index in [1.54, 1.807) is 0 Å². The number of unbranched alkanes of at least 4 members (excludes halogenated alkanes) is 31. The predicted octanol–water partition coefficient (Wildman–Crippen LogP) is 16.4. The molecule has 1 unspecified atom stereocenters. The van der Waals surface area contributed by atoms with Gasteiger partial charge in [-0.25, -0.2) is 0 Å². The zero-order valence-electron chi connectivity index (χ0n) is 35.9. The van der Waals surface area contributed by atoms with Crippen molar-refractivity contribution in [3.8, 4) is 0 Å². The van der Waals surface area contributed by atoms with Crippen LogP contribution in [0.15, 0.2) is 0 Å². The summed E-state index contributed by atoms with van der Waals surface area (Å²) in [4.78, 5) is 24.0. The van der Waals surface area contributed by atoms with E-state index < -0.39 is 0 Å². The summed E-state index contributed by atoms with van der Waals surface area (Å²) in [5.74, 6) is 0.916. The lowest BCUT2D eigenvalue weighted by molar-refractivity contribution is -0.144. The van der Waals surface area contributed by atoms with Crippen molar-refractivity contribution in [2.45, 2.75) is 278 Å². The molecular formula is C48H94O4. The lowest BCUT2D eigenvalue weighted by Gasteiger charge is -2.14. The van der Waals surface area contributed by atoms with E-state index >= 15 is 0 Å². The molecule has 0 aromatic heterocycles. The molecule has 0 aliphatic heterocycles. The summed E-state index contributed by atoms with van der Waals surface area (Å²) in [6.45, 7) is 8.14. The van der Waals surface area contributed by atoms with Gasteiger partial charge in [-0.1, -0.05) is 239 Å². The van der Waals surface area contributed by atoms with Crippen LogP contribution in [0, 0.1) is 5.92 Å². The maximum atomic E-state index is 12.0. The first kappa shape index (κ1) is 50.9. The van der Waals surface area contributed by atoms with Gasteiger partial charge in [0.15, 0.2) is 0 Å². The Bertz CT molecular complexity index is 706. The van der Waals surface area contributed by atoms with Gasteiger partial charge in [-0.05, 0) is 31.6 Å². The van der Waals surface area contributed by atoms with Gasteiger partial charge in [0.2, 0.25) is 0 Å². The summed E-state index contributed by atoms with van der Waals surface area (Å²) in [6, 6.07) is 0. The van der Waals surface area contributed by atoms with E-state index in [0.717, 1.165) is 31.6 Å². The molecule has 0 amide bonds. The Kier molecular flexibility index (Phi) is 43.4. The van der Waals surface area contributed by atoms with Crippen molar-refractivity contribution < 1.29 is 19.1 Å². The van der Waals surface area contributed by atoms with Gasteiger partial charge in [-0.3, -0.25) is 9.59 Å². The van der Waals surface area contributed by atoms with Crippen molar-refractivity contribution in [3.05, 3.63) is 0 Å². The lowest BCUT2D eigenvalue weighted by Crippen LogP contribution is -2.05. The zero-order valence-corrected chi connectivity index (χ0v) is 35.9. The molecule has 4 nitrogen and oxygen atoms in total. The van der Waals surface area contributed by atoms with Crippen LogP contribution in [0.4, 0.5) is 0 Å². The fraction of sp³-hybridized carbons (Fsp3) is 0.958. The second-order valence-electron chi connectivity index (χ2n) is 16.5. The SMILES string of the molecule is CCCCCCCCCCCCCC(=O)OCCCCCCCCCCCC(CC)CCCCCCOC(=O)CCCCCCCCCCCCC. The minimum atomic E-state index is 0.0145. The number of carbonyl (C=O) groups excluding carboxylic acids is 2. The summed E-state index contributed by atoms with van der Waals surface area (Å²) >= 11 is 0. The fourth-order valence-electron chi connectivity index (χ4n) is 7.60. The van der Waals surface area contributed by atoms with Crippen molar-refractivity contribution in [3.63, 3.8) is 0 Å². The zero-order chi connectivity index (χ0) is 37.8. The summed E-state index contributed by atoms with van der Waals surface area (Å²) in [5.41, 5.74) is 0.